The van der Waals surface area contributed by atoms with Crippen molar-refractivity contribution < 1.29 is 9.90 Å². The van der Waals surface area contributed by atoms with E-state index in [1.54, 1.807) is 0 Å². The maximum atomic E-state index is 11.7. The molecule has 0 radical (unpaired) electrons. The van der Waals surface area contributed by atoms with Crippen LogP contribution in [0.5, 0.6) is 0 Å². The fourth-order valence-corrected chi connectivity index (χ4v) is 4.60. The summed E-state index contributed by atoms with van der Waals surface area (Å²) in [7, 11) is -1.06. The third-order valence-electron chi connectivity index (χ3n) is 3.72. The highest BCUT2D eigenvalue weighted by Gasteiger charge is 2.28. The molecule has 0 bridgehead atoms. The summed E-state index contributed by atoms with van der Waals surface area (Å²) < 4.78 is 0. The summed E-state index contributed by atoms with van der Waals surface area (Å²) in [4.78, 5) is 11.7. The van der Waals surface area contributed by atoms with Crippen molar-refractivity contribution in [2.45, 2.75) is 58.3 Å². The quantitative estimate of drug-likeness (QED) is 0.308. The number of carbonyl (C=O) groups is 1. The molecule has 2 nitrogen and oxygen atoms in total. The van der Waals surface area contributed by atoms with E-state index in [2.05, 4.69) is 19.9 Å². The van der Waals surface area contributed by atoms with Gasteiger partial charge in [-0.25, -0.2) is 0 Å². The number of carbonyl (C=O) groups excluding carboxylic acids is 1. The van der Waals surface area contributed by atoms with Gasteiger partial charge in [0.2, 0.25) is 0 Å². The molecule has 1 N–H and O–H groups in total. The van der Waals surface area contributed by atoms with Crippen molar-refractivity contribution in [1.82, 2.24) is 0 Å². The van der Waals surface area contributed by atoms with Gasteiger partial charge in [-0.3, -0.25) is 4.79 Å². The van der Waals surface area contributed by atoms with Gasteiger partial charge in [-0.05, 0) is 31.8 Å². The zero-order valence-electron chi connectivity index (χ0n) is 13.8. The SMILES string of the molecule is C=C(C)C(=O)C[P+](C)(C)CCCCCCCCCCO. The van der Waals surface area contributed by atoms with Gasteiger partial charge in [0.25, 0.3) is 0 Å². The van der Waals surface area contributed by atoms with Gasteiger partial charge in [-0.1, -0.05) is 38.7 Å². The lowest BCUT2D eigenvalue weighted by Gasteiger charge is -2.17. The van der Waals surface area contributed by atoms with Crippen LogP contribution in [0.1, 0.15) is 58.3 Å². The van der Waals surface area contributed by atoms with Crippen LogP contribution in [0.4, 0.5) is 0 Å². The van der Waals surface area contributed by atoms with E-state index in [4.69, 9.17) is 5.11 Å². The summed E-state index contributed by atoms with van der Waals surface area (Å²) in [5, 5.41) is 8.69. The van der Waals surface area contributed by atoms with Gasteiger partial charge in [0.15, 0.2) is 5.78 Å². The van der Waals surface area contributed by atoms with Gasteiger partial charge >= 0.3 is 0 Å². The average molecular weight is 301 g/mol. The van der Waals surface area contributed by atoms with Crippen LogP contribution in [0.3, 0.4) is 0 Å². The third-order valence-corrected chi connectivity index (χ3v) is 6.39. The number of allylic oxidation sites excluding steroid dienone is 1. The molecule has 0 atom stereocenters. The molecule has 0 aromatic rings. The van der Waals surface area contributed by atoms with Crippen molar-refractivity contribution in [2.75, 3.05) is 32.3 Å². The lowest BCUT2D eigenvalue weighted by molar-refractivity contribution is -0.113. The predicted molar refractivity (Wildman–Crippen MR) is 92.3 cm³/mol. The molecule has 0 heterocycles. The first-order chi connectivity index (χ1) is 9.39. The monoisotopic (exact) mass is 301 g/mol. The lowest BCUT2D eigenvalue weighted by atomic mass is 10.1. The highest BCUT2D eigenvalue weighted by Crippen LogP contribution is 2.52. The lowest BCUT2D eigenvalue weighted by Crippen LogP contribution is -2.11. The van der Waals surface area contributed by atoms with E-state index in [0.717, 1.165) is 19.0 Å². The zero-order valence-corrected chi connectivity index (χ0v) is 14.7. The molecule has 0 amide bonds. The van der Waals surface area contributed by atoms with Crippen LogP contribution in [0.15, 0.2) is 12.2 Å². The molecule has 0 saturated heterocycles. The van der Waals surface area contributed by atoms with Crippen LogP contribution in [0, 0.1) is 0 Å². The molecule has 0 saturated carbocycles. The maximum absolute atomic E-state index is 11.7. The molecule has 0 aliphatic heterocycles. The van der Waals surface area contributed by atoms with Gasteiger partial charge in [-0.15, -0.1) is 0 Å². The minimum absolute atomic E-state index is 0.257. The number of Topliss-reactive ketones (excluding diaryl/α,β-unsaturated/α-hetero) is 1. The Morgan fingerprint density at radius 2 is 1.40 bits per heavy atom. The Kier molecular flexibility index (Phi) is 11.3. The number of hydrogen-bond donors (Lipinski definition) is 1. The molecular formula is C17H34O2P+. The second-order valence-electron chi connectivity index (χ2n) is 6.57. The summed E-state index contributed by atoms with van der Waals surface area (Å²) in [6.45, 7) is 10.5. The molecule has 3 heteroatoms. The van der Waals surface area contributed by atoms with Crippen molar-refractivity contribution in [1.29, 1.82) is 0 Å². The Morgan fingerprint density at radius 3 is 1.85 bits per heavy atom. The van der Waals surface area contributed by atoms with Crippen molar-refractivity contribution in [3.05, 3.63) is 12.2 Å². The smallest absolute Gasteiger partial charge is 0.194 e. The van der Waals surface area contributed by atoms with Crippen LogP contribution in [0.2, 0.25) is 0 Å². The normalized spacial score (nSPS) is 11.6. The molecule has 0 rings (SSSR count). The van der Waals surface area contributed by atoms with E-state index >= 15 is 0 Å². The second kappa shape index (κ2) is 11.5. The zero-order chi connectivity index (χ0) is 15.4. The van der Waals surface area contributed by atoms with E-state index in [1.807, 2.05) is 6.92 Å². The first-order valence-electron chi connectivity index (χ1n) is 8.00. The Labute approximate surface area is 126 Å². The van der Waals surface area contributed by atoms with Gasteiger partial charge in [0.05, 0.1) is 6.16 Å². The van der Waals surface area contributed by atoms with Crippen LogP contribution in [0.25, 0.3) is 0 Å². The summed E-state index contributed by atoms with van der Waals surface area (Å²) in [5.41, 5.74) is 0.709. The number of ketones is 1. The highest BCUT2D eigenvalue weighted by atomic mass is 31.2. The predicted octanol–water partition coefficient (Wildman–Crippen LogP) is 4.52. The number of rotatable bonds is 13. The van der Waals surface area contributed by atoms with E-state index in [-0.39, 0.29) is 5.78 Å². The molecular weight excluding hydrogens is 267 g/mol. The standard InChI is InChI=1S/C17H34O2P/c1-16(2)17(19)15-20(3,4)14-12-10-8-6-5-7-9-11-13-18/h18H,1,5-15H2,2-4H3/q+1. The van der Waals surface area contributed by atoms with Crippen molar-refractivity contribution in [3.63, 3.8) is 0 Å². The topological polar surface area (TPSA) is 37.3 Å². The summed E-state index contributed by atoms with van der Waals surface area (Å²) in [6.07, 6.45) is 11.8. The number of aliphatic hydroxyl groups is 1. The molecule has 118 valence electrons. The fourth-order valence-electron chi connectivity index (χ4n) is 2.32. The van der Waals surface area contributed by atoms with Gasteiger partial charge in [0.1, 0.15) is 6.16 Å². The van der Waals surface area contributed by atoms with Crippen molar-refractivity contribution in [3.8, 4) is 0 Å². The first-order valence-corrected chi connectivity index (χ1v) is 11.1. The highest BCUT2D eigenvalue weighted by molar-refractivity contribution is 7.75. The van der Waals surface area contributed by atoms with Gasteiger partial charge in [0, 0.05) is 27.2 Å². The van der Waals surface area contributed by atoms with Gasteiger partial charge < -0.3 is 5.11 Å². The Morgan fingerprint density at radius 1 is 0.950 bits per heavy atom. The number of unbranched alkanes of at least 4 members (excludes halogenated alkanes) is 7. The van der Waals surface area contributed by atoms with E-state index in [1.165, 1.54) is 44.7 Å². The Bertz CT molecular complexity index is 285. The van der Waals surface area contributed by atoms with Crippen LogP contribution in [-0.4, -0.2) is 43.2 Å². The van der Waals surface area contributed by atoms with Crippen LogP contribution < -0.4 is 0 Å². The number of hydrogen-bond acceptors (Lipinski definition) is 2. The van der Waals surface area contributed by atoms with Crippen molar-refractivity contribution >= 4 is 13.0 Å². The van der Waals surface area contributed by atoms with Crippen LogP contribution >= 0.6 is 7.26 Å². The molecule has 20 heavy (non-hydrogen) atoms. The Hall–Kier alpha value is -0.200. The first kappa shape index (κ1) is 19.8. The van der Waals surface area contributed by atoms with Crippen molar-refractivity contribution in [2.24, 2.45) is 0 Å². The summed E-state index contributed by atoms with van der Waals surface area (Å²) in [6, 6.07) is 0. The largest absolute Gasteiger partial charge is 0.396 e. The van der Waals surface area contributed by atoms with E-state index in [0.29, 0.717) is 12.2 Å². The Balaban J connectivity index is 3.53. The molecule has 0 fully saturated rings. The van der Waals surface area contributed by atoms with E-state index in [9.17, 15) is 4.79 Å². The van der Waals surface area contributed by atoms with E-state index < -0.39 is 7.26 Å². The minimum atomic E-state index is -1.06. The minimum Gasteiger partial charge on any atom is -0.396 e. The summed E-state index contributed by atoms with van der Waals surface area (Å²) in [5.74, 6) is 0.257. The third kappa shape index (κ3) is 11.6. The molecule has 0 aromatic carbocycles. The van der Waals surface area contributed by atoms with Gasteiger partial charge in [-0.2, -0.15) is 0 Å². The fraction of sp³-hybridized carbons (Fsp3) is 0.824. The molecule has 0 spiro atoms. The molecule has 0 aliphatic carbocycles. The maximum Gasteiger partial charge on any atom is 0.194 e. The second-order valence-corrected chi connectivity index (χ2v) is 11.2. The number of aliphatic hydroxyl groups excluding tert-OH is 1. The summed E-state index contributed by atoms with van der Waals surface area (Å²) >= 11 is 0. The molecule has 0 aliphatic rings. The van der Waals surface area contributed by atoms with Crippen LogP contribution in [-0.2, 0) is 4.79 Å². The molecule has 0 unspecified atom stereocenters. The molecule has 0 aromatic heterocycles. The average Bonchev–Trinajstić information content (AvgIpc) is 2.36.